The fraction of sp³-hybridized carbons (Fsp3) is 0.211. The molecule has 6 nitrogen and oxygen atoms in total. The molecule has 0 unspecified atom stereocenters. The van der Waals surface area contributed by atoms with Gasteiger partial charge in [-0.15, -0.1) is 0 Å². The van der Waals surface area contributed by atoms with Gasteiger partial charge in [0.15, 0.2) is 6.10 Å². The second-order valence-corrected chi connectivity index (χ2v) is 5.46. The fourth-order valence-electron chi connectivity index (χ4n) is 2.31. The summed E-state index contributed by atoms with van der Waals surface area (Å²) in [5.41, 5.74) is 5.36. The van der Waals surface area contributed by atoms with E-state index in [0.717, 1.165) is 11.1 Å². The monoisotopic (exact) mass is 339 g/mol. The van der Waals surface area contributed by atoms with Crippen molar-refractivity contribution in [1.82, 2.24) is 5.43 Å². The molecule has 0 radical (unpaired) electrons. The summed E-state index contributed by atoms with van der Waals surface area (Å²) < 4.78 is 5.27. The number of carbonyl (C=O) groups is 2. The van der Waals surface area contributed by atoms with Gasteiger partial charge in [0.2, 0.25) is 5.91 Å². The second kappa shape index (κ2) is 8.75. The quantitative estimate of drug-likeness (QED) is 0.627. The van der Waals surface area contributed by atoms with Gasteiger partial charge >= 0.3 is 0 Å². The maximum Gasteiger partial charge on any atom is 0.273 e. The van der Waals surface area contributed by atoms with Crippen molar-refractivity contribution in [3.63, 3.8) is 0 Å². The van der Waals surface area contributed by atoms with Gasteiger partial charge in [-0.05, 0) is 30.2 Å². The Morgan fingerprint density at radius 3 is 2.40 bits per heavy atom. The van der Waals surface area contributed by atoms with Crippen molar-refractivity contribution in [2.75, 3.05) is 12.4 Å². The van der Waals surface area contributed by atoms with Gasteiger partial charge in [-0.1, -0.05) is 42.5 Å². The van der Waals surface area contributed by atoms with Crippen LogP contribution in [0.3, 0.4) is 0 Å². The number of hydrogen-bond acceptors (Lipinski definition) is 4. The number of rotatable bonds is 6. The molecule has 0 fully saturated rings. The Labute approximate surface area is 146 Å². The molecule has 0 spiro atoms. The lowest BCUT2D eigenvalue weighted by Crippen LogP contribution is -2.27. The number of carbonyl (C=O) groups excluding carboxylic acids is 2. The van der Waals surface area contributed by atoms with E-state index in [2.05, 4.69) is 15.8 Å². The van der Waals surface area contributed by atoms with Crippen LogP contribution in [0.1, 0.15) is 31.1 Å². The van der Waals surface area contributed by atoms with E-state index in [9.17, 15) is 9.59 Å². The first-order valence-electron chi connectivity index (χ1n) is 7.81. The molecule has 0 saturated carbocycles. The van der Waals surface area contributed by atoms with Crippen molar-refractivity contribution >= 4 is 23.2 Å². The molecule has 6 heteroatoms. The summed E-state index contributed by atoms with van der Waals surface area (Å²) in [7, 11) is 1.48. The third-order valence-corrected chi connectivity index (χ3v) is 3.51. The van der Waals surface area contributed by atoms with Gasteiger partial charge in [0.25, 0.3) is 5.91 Å². The molecule has 0 aliphatic heterocycles. The molecule has 0 bridgehead atoms. The van der Waals surface area contributed by atoms with Crippen LogP contribution < -0.4 is 10.7 Å². The van der Waals surface area contributed by atoms with E-state index in [1.54, 1.807) is 19.1 Å². The zero-order chi connectivity index (χ0) is 18.2. The summed E-state index contributed by atoms with van der Waals surface area (Å²) >= 11 is 0. The van der Waals surface area contributed by atoms with Gasteiger partial charge < -0.3 is 10.1 Å². The lowest BCUT2D eigenvalue weighted by molar-refractivity contribution is -0.131. The highest BCUT2D eigenvalue weighted by Gasteiger charge is 2.19. The minimum absolute atomic E-state index is 0.147. The van der Waals surface area contributed by atoms with Crippen LogP contribution >= 0.6 is 0 Å². The fourth-order valence-corrected chi connectivity index (χ4v) is 2.31. The van der Waals surface area contributed by atoms with Gasteiger partial charge in [0.05, 0.1) is 5.71 Å². The van der Waals surface area contributed by atoms with Crippen LogP contribution in [0.4, 0.5) is 5.69 Å². The van der Waals surface area contributed by atoms with E-state index in [-0.39, 0.29) is 11.8 Å². The Bertz CT molecular complexity index is 772. The normalized spacial score (nSPS) is 12.4. The minimum atomic E-state index is -0.733. The molecule has 2 aromatic rings. The van der Waals surface area contributed by atoms with Gasteiger partial charge in [-0.25, -0.2) is 5.43 Å². The van der Waals surface area contributed by atoms with E-state index in [1.807, 2.05) is 42.5 Å². The van der Waals surface area contributed by atoms with Crippen LogP contribution in [0.2, 0.25) is 0 Å². The molecule has 2 amide bonds. The number of benzene rings is 2. The number of nitrogens with one attached hydrogen (secondary N) is 2. The highest BCUT2D eigenvalue weighted by Crippen LogP contribution is 2.16. The van der Waals surface area contributed by atoms with Crippen LogP contribution in [0.15, 0.2) is 59.7 Å². The van der Waals surface area contributed by atoms with Crippen LogP contribution in [0.5, 0.6) is 0 Å². The Kier molecular flexibility index (Phi) is 6.42. The highest BCUT2D eigenvalue weighted by molar-refractivity contribution is 6.01. The number of nitrogens with zero attached hydrogens (tertiary/aromatic N) is 1. The Morgan fingerprint density at radius 2 is 1.76 bits per heavy atom. The molecule has 0 saturated heterocycles. The van der Waals surface area contributed by atoms with Gasteiger partial charge in [-0.3, -0.25) is 9.59 Å². The molecular weight excluding hydrogens is 318 g/mol. The molecule has 0 aromatic heterocycles. The lowest BCUT2D eigenvalue weighted by atomic mass is 10.1. The molecule has 2 rings (SSSR count). The average molecular weight is 339 g/mol. The number of anilines is 1. The molecule has 0 aliphatic carbocycles. The van der Waals surface area contributed by atoms with Crippen LogP contribution in [-0.2, 0) is 14.3 Å². The summed E-state index contributed by atoms with van der Waals surface area (Å²) in [6.45, 7) is 3.22. The highest BCUT2D eigenvalue weighted by atomic mass is 16.5. The van der Waals surface area contributed by atoms with Gasteiger partial charge in [-0.2, -0.15) is 5.10 Å². The average Bonchev–Trinajstić information content (AvgIpc) is 2.61. The first-order chi connectivity index (χ1) is 12.0. The molecule has 130 valence electrons. The van der Waals surface area contributed by atoms with Gasteiger partial charge in [0, 0.05) is 19.7 Å². The Balaban J connectivity index is 2.09. The number of amides is 2. The molecule has 0 heterocycles. The molecule has 0 aliphatic rings. The molecule has 25 heavy (non-hydrogen) atoms. The number of methoxy groups -OCH3 is 1. The predicted molar refractivity (Wildman–Crippen MR) is 97.3 cm³/mol. The summed E-state index contributed by atoms with van der Waals surface area (Å²) in [5, 5.41) is 6.85. The van der Waals surface area contributed by atoms with E-state index < -0.39 is 6.10 Å². The topological polar surface area (TPSA) is 79.8 Å². The third kappa shape index (κ3) is 5.26. The molecule has 2 N–H and O–H groups in total. The largest absolute Gasteiger partial charge is 0.367 e. The summed E-state index contributed by atoms with van der Waals surface area (Å²) in [6, 6.07) is 16.4. The minimum Gasteiger partial charge on any atom is -0.367 e. The summed E-state index contributed by atoms with van der Waals surface area (Å²) in [4.78, 5) is 23.5. The van der Waals surface area contributed by atoms with Crippen molar-refractivity contribution in [1.29, 1.82) is 0 Å². The number of hydrogen-bond donors (Lipinski definition) is 2. The van der Waals surface area contributed by atoms with Crippen LogP contribution in [-0.4, -0.2) is 24.6 Å². The van der Waals surface area contributed by atoms with Gasteiger partial charge in [0.1, 0.15) is 0 Å². The second-order valence-electron chi connectivity index (χ2n) is 5.46. The van der Waals surface area contributed by atoms with E-state index in [0.29, 0.717) is 11.4 Å². The third-order valence-electron chi connectivity index (χ3n) is 3.51. The maximum atomic E-state index is 12.3. The van der Waals surface area contributed by atoms with E-state index in [1.165, 1.54) is 14.0 Å². The van der Waals surface area contributed by atoms with Crippen molar-refractivity contribution < 1.29 is 14.3 Å². The number of ether oxygens (including phenoxy) is 1. The van der Waals surface area contributed by atoms with Crippen molar-refractivity contribution in [3.05, 3.63) is 65.7 Å². The predicted octanol–water partition coefficient (Wildman–Crippen LogP) is 2.87. The first-order valence-corrected chi connectivity index (χ1v) is 7.81. The Hall–Kier alpha value is -2.99. The van der Waals surface area contributed by atoms with E-state index in [4.69, 9.17) is 4.74 Å². The van der Waals surface area contributed by atoms with Crippen molar-refractivity contribution in [2.24, 2.45) is 5.10 Å². The smallest absolute Gasteiger partial charge is 0.273 e. The molecule has 2 aromatic carbocycles. The molecular formula is C19H21N3O3. The first kappa shape index (κ1) is 18.4. The SMILES string of the molecule is CO[C@@H](C(=O)N/N=C(/C)c1cccc(NC(C)=O)c1)c1ccccc1. The standard InChI is InChI=1S/C19H21N3O3/c1-13(16-10-7-11-17(12-16)20-14(2)23)21-22-19(24)18(25-3)15-8-5-4-6-9-15/h4-12,18H,1-3H3,(H,20,23)(H,22,24)/b21-13-/t18-/m1/s1. The molecule has 1 atom stereocenters. The number of hydrazone groups is 1. The van der Waals surface area contributed by atoms with Crippen molar-refractivity contribution in [3.8, 4) is 0 Å². The van der Waals surface area contributed by atoms with Crippen molar-refractivity contribution in [2.45, 2.75) is 20.0 Å². The summed E-state index contributed by atoms with van der Waals surface area (Å²) in [6.07, 6.45) is -0.733. The van der Waals surface area contributed by atoms with Crippen LogP contribution in [0.25, 0.3) is 0 Å². The zero-order valence-electron chi connectivity index (χ0n) is 14.4. The zero-order valence-corrected chi connectivity index (χ0v) is 14.4. The van der Waals surface area contributed by atoms with E-state index >= 15 is 0 Å². The maximum absolute atomic E-state index is 12.3. The Morgan fingerprint density at radius 1 is 1.04 bits per heavy atom. The summed E-state index contributed by atoms with van der Waals surface area (Å²) in [5.74, 6) is -0.503. The lowest BCUT2D eigenvalue weighted by Gasteiger charge is -2.14. The van der Waals surface area contributed by atoms with Crippen LogP contribution in [0, 0.1) is 0 Å².